The van der Waals surface area contributed by atoms with Crippen LogP contribution in [-0.2, 0) is 14.3 Å². The first-order valence-corrected chi connectivity index (χ1v) is 32.6. The highest BCUT2D eigenvalue weighted by molar-refractivity contribution is 5.76. The molecule has 0 aromatic heterocycles. The number of carbonyl (C=O) groups is 2. The molecule has 1 amide bonds. The maximum Gasteiger partial charge on any atom is 0.305 e. The van der Waals surface area contributed by atoms with Crippen LogP contribution in [0, 0.1) is 0 Å². The minimum absolute atomic E-state index is 0.0111. The van der Waals surface area contributed by atoms with Crippen molar-refractivity contribution in [2.75, 3.05) is 13.2 Å². The van der Waals surface area contributed by atoms with Gasteiger partial charge >= 0.3 is 5.97 Å². The minimum atomic E-state index is -0.660. The second-order valence-corrected chi connectivity index (χ2v) is 22.5. The molecule has 0 aliphatic carbocycles. The van der Waals surface area contributed by atoms with Gasteiger partial charge in [-0.3, -0.25) is 9.59 Å². The van der Waals surface area contributed by atoms with Gasteiger partial charge in [-0.15, -0.1) is 0 Å². The van der Waals surface area contributed by atoms with E-state index in [0.717, 1.165) is 51.4 Å². The average molecular weight is 1010 g/mol. The van der Waals surface area contributed by atoms with Crippen molar-refractivity contribution in [3.63, 3.8) is 0 Å². The molecule has 2 atom stereocenters. The summed E-state index contributed by atoms with van der Waals surface area (Å²) in [7, 11) is 0. The van der Waals surface area contributed by atoms with Crippen molar-refractivity contribution in [2.24, 2.45) is 0 Å². The van der Waals surface area contributed by atoms with Crippen LogP contribution in [0.15, 0.2) is 24.3 Å². The summed E-state index contributed by atoms with van der Waals surface area (Å²) >= 11 is 0. The number of unbranched alkanes of at least 4 members (excludes halogenated alkanes) is 46. The Bertz CT molecular complexity index is 1120. The number of amides is 1. The summed E-state index contributed by atoms with van der Waals surface area (Å²) in [6.45, 7) is 4.94. The number of esters is 1. The summed E-state index contributed by atoms with van der Waals surface area (Å²) in [5.74, 6) is -0.0215. The van der Waals surface area contributed by atoms with Crippen molar-refractivity contribution in [3.8, 4) is 0 Å². The van der Waals surface area contributed by atoms with E-state index in [4.69, 9.17) is 4.74 Å². The molecule has 6 heteroatoms. The molecule has 0 saturated carbocycles. The third-order valence-corrected chi connectivity index (χ3v) is 15.3. The van der Waals surface area contributed by atoms with Gasteiger partial charge in [0.25, 0.3) is 0 Å². The Balaban J connectivity index is 3.31. The van der Waals surface area contributed by atoms with Crippen LogP contribution in [0.5, 0.6) is 0 Å². The van der Waals surface area contributed by atoms with Gasteiger partial charge in [0, 0.05) is 12.8 Å². The molecule has 0 aromatic carbocycles. The SMILES string of the molecule is CCCCCC/C=C\C/C=C\CCCCCCCCCC(=O)OCCCCCCCCCCCCCCCCCCCCCCCCCCCCCC(=O)NC(CO)C(O)CCCCCCCCCCCC. The monoisotopic (exact) mass is 1010 g/mol. The summed E-state index contributed by atoms with van der Waals surface area (Å²) < 4.78 is 5.50. The minimum Gasteiger partial charge on any atom is -0.466 e. The molecule has 72 heavy (non-hydrogen) atoms. The van der Waals surface area contributed by atoms with Crippen LogP contribution in [0.4, 0.5) is 0 Å². The van der Waals surface area contributed by atoms with Gasteiger partial charge in [0.15, 0.2) is 0 Å². The molecule has 0 spiro atoms. The maximum absolute atomic E-state index is 12.4. The molecule has 2 unspecified atom stereocenters. The van der Waals surface area contributed by atoms with E-state index in [9.17, 15) is 19.8 Å². The number of aliphatic hydroxyl groups excluding tert-OH is 2. The lowest BCUT2D eigenvalue weighted by molar-refractivity contribution is -0.143. The Kier molecular flexibility index (Phi) is 60.5. The Labute approximate surface area is 450 Å². The van der Waals surface area contributed by atoms with Crippen LogP contribution in [0.2, 0.25) is 0 Å². The zero-order valence-corrected chi connectivity index (χ0v) is 48.7. The molecule has 0 saturated heterocycles. The largest absolute Gasteiger partial charge is 0.466 e. The van der Waals surface area contributed by atoms with Crippen LogP contribution in [-0.4, -0.2) is 47.4 Å². The van der Waals surface area contributed by atoms with Gasteiger partial charge in [0.1, 0.15) is 0 Å². The van der Waals surface area contributed by atoms with E-state index in [0.29, 0.717) is 25.9 Å². The van der Waals surface area contributed by atoms with Crippen molar-refractivity contribution in [3.05, 3.63) is 24.3 Å². The van der Waals surface area contributed by atoms with Crippen molar-refractivity contribution >= 4 is 11.9 Å². The molecule has 426 valence electrons. The highest BCUT2D eigenvalue weighted by Crippen LogP contribution is 2.18. The van der Waals surface area contributed by atoms with Gasteiger partial charge in [-0.05, 0) is 57.8 Å². The number of carbonyl (C=O) groups excluding carboxylic acids is 2. The maximum atomic E-state index is 12.4. The predicted molar refractivity (Wildman–Crippen MR) is 315 cm³/mol. The van der Waals surface area contributed by atoms with E-state index in [1.54, 1.807) is 0 Å². The van der Waals surface area contributed by atoms with E-state index in [1.807, 2.05) is 0 Å². The number of hydrogen-bond acceptors (Lipinski definition) is 5. The lowest BCUT2D eigenvalue weighted by atomic mass is 10.0. The fourth-order valence-electron chi connectivity index (χ4n) is 10.3. The Morgan fingerprint density at radius 3 is 1.07 bits per heavy atom. The average Bonchev–Trinajstić information content (AvgIpc) is 3.38. The molecule has 0 aliphatic heterocycles. The van der Waals surface area contributed by atoms with Crippen LogP contribution < -0.4 is 5.32 Å². The molecular formula is C66H127NO5. The van der Waals surface area contributed by atoms with Gasteiger partial charge in [0.05, 0.1) is 25.4 Å². The number of ether oxygens (including phenoxy) is 1. The third kappa shape index (κ3) is 57.6. The van der Waals surface area contributed by atoms with Crippen LogP contribution in [0.25, 0.3) is 0 Å². The third-order valence-electron chi connectivity index (χ3n) is 15.3. The zero-order valence-electron chi connectivity index (χ0n) is 48.7. The predicted octanol–water partition coefficient (Wildman–Crippen LogP) is 20.6. The summed E-state index contributed by atoms with van der Waals surface area (Å²) in [4.78, 5) is 24.5. The van der Waals surface area contributed by atoms with E-state index in [1.165, 1.54) is 276 Å². The van der Waals surface area contributed by atoms with Crippen molar-refractivity contribution in [1.82, 2.24) is 5.32 Å². The highest BCUT2D eigenvalue weighted by Gasteiger charge is 2.20. The number of hydrogen-bond donors (Lipinski definition) is 3. The Morgan fingerprint density at radius 2 is 0.694 bits per heavy atom. The van der Waals surface area contributed by atoms with Crippen molar-refractivity contribution in [1.29, 1.82) is 0 Å². The number of aliphatic hydroxyl groups is 2. The van der Waals surface area contributed by atoms with Crippen LogP contribution in [0.3, 0.4) is 0 Å². The Morgan fingerprint density at radius 1 is 0.389 bits per heavy atom. The van der Waals surface area contributed by atoms with Gasteiger partial charge in [-0.25, -0.2) is 0 Å². The lowest BCUT2D eigenvalue weighted by Gasteiger charge is -2.22. The molecule has 0 heterocycles. The van der Waals surface area contributed by atoms with E-state index in [-0.39, 0.29) is 18.5 Å². The van der Waals surface area contributed by atoms with Gasteiger partial charge < -0.3 is 20.3 Å². The number of nitrogens with one attached hydrogen (secondary N) is 1. The molecular weight excluding hydrogens is 887 g/mol. The molecule has 6 nitrogen and oxygen atoms in total. The summed E-state index contributed by atoms with van der Waals surface area (Å²) in [5, 5.41) is 23.2. The summed E-state index contributed by atoms with van der Waals surface area (Å²) in [6, 6.07) is -0.537. The van der Waals surface area contributed by atoms with E-state index >= 15 is 0 Å². The van der Waals surface area contributed by atoms with Gasteiger partial charge in [-0.1, -0.05) is 314 Å². The zero-order chi connectivity index (χ0) is 52.2. The summed E-state index contributed by atoms with van der Waals surface area (Å²) in [6.07, 6.45) is 76.4. The van der Waals surface area contributed by atoms with Gasteiger partial charge in [0.2, 0.25) is 5.91 Å². The molecule has 0 radical (unpaired) electrons. The second kappa shape index (κ2) is 61.9. The van der Waals surface area contributed by atoms with Crippen LogP contribution >= 0.6 is 0 Å². The second-order valence-electron chi connectivity index (χ2n) is 22.5. The smallest absolute Gasteiger partial charge is 0.305 e. The van der Waals surface area contributed by atoms with E-state index < -0.39 is 12.1 Å². The summed E-state index contributed by atoms with van der Waals surface area (Å²) in [5.41, 5.74) is 0. The van der Waals surface area contributed by atoms with Crippen molar-refractivity contribution in [2.45, 2.75) is 373 Å². The fourth-order valence-corrected chi connectivity index (χ4v) is 10.3. The quantitative estimate of drug-likeness (QED) is 0.0320. The standard InChI is InChI=1S/C66H127NO5/c1-3-5-7-9-11-13-15-16-17-18-31-34-37-40-44-48-52-56-60-66(71)72-61-57-53-49-45-41-38-35-32-29-27-25-23-21-19-20-22-24-26-28-30-33-36-39-43-47-51-55-59-65(70)67-63(62-68)64(69)58-54-50-46-42-14-12-10-8-6-4-2/h13,15,17-18,63-64,68-69H,3-12,14,16,19-62H2,1-2H3,(H,67,70)/b15-13-,18-17-. The topological polar surface area (TPSA) is 95.9 Å². The molecule has 0 fully saturated rings. The first kappa shape index (κ1) is 70.3. The molecule has 0 aromatic rings. The molecule has 3 N–H and O–H groups in total. The van der Waals surface area contributed by atoms with E-state index in [2.05, 4.69) is 43.5 Å². The normalized spacial score (nSPS) is 12.7. The fraction of sp³-hybridized carbons (Fsp3) is 0.909. The molecule has 0 rings (SSSR count). The van der Waals surface area contributed by atoms with Crippen LogP contribution in [0.1, 0.15) is 361 Å². The van der Waals surface area contributed by atoms with Crippen molar-refractivity contribution < 1.29 is 24.5 Å². The molecule has 0 aliphatic rings. The first-order chi connectivity index (χ1) is 35.5. The Hall–Kier alpha value is -1.66. The highest BCUT2D eigenvalue weighted by atomic mass is 16.5. The number of allylic oxidation sites excluding steroid dienone is 4. The number of rotatable bonds is 61. The van der Waals surface area contributed by atoms with Gasteiger partial charge in [-0.2, -0.15) is 0 Å². The first-order valence-electron chi connectivity index (χ1n) is 32.6. The molecule has 0 bridgehead atoms. The lowest BCUT2D eigenvalue weighted by Crippen LogP contribution is -2.45.